The third kappa shape index (κ3) is 2.93. The number of hydrogen-bond donors (Lipinski definition) is 1. The lowest BCUT2D eigenvalue weighted by Gasteiger charge is -2.27. The van der Waals surface area contributed by atoms with Gasteiger partial charge in [-0.05, 0) is 46.8 Å². The number of carboxylic acid groups (broad SMARTS) is 1. The SMILES string of the molecule is Cc1ccc(OC2CC(C)(C)OC2(C)C)c(C(=O)O)n1. The fourth-order valence-electron chi connectivity index (χ4n) is 2.64. The maximum Gasteiger partial charge on any atom is 0.358 e. The molecule has 0 saturated carbocycles. The van der Waals surface area contributed by atoms with Crippen LogP contribution in [0.2, 0.25) is 0 Å². The van der Waals surface area contributed by atoms with Crippen molar-refractivity contribution < 1.29 is 19.4 Å². The number of aryl methyl sites for hydroxylation is 1. The van der Waals surface area contributed by atoms with Gasteiger partial charge in [0.25, 0.3) is 0 Å². The monoisotopic (exact) mass is 279 g/mol. The van der Waals surface area contributed by atoms with Crippen LogP contribution >= 0.6 is 0 Å². The molecule has 0 spiro atoms. The van der Waals surface area contributed by atoms with Crippen molar-refractivity contribution in [3.63, 3.8) is 0 Å². The minimum Gasteiger partial charge on any atom is -0.485 e. The highest BCUT2D eigenvalue weighted by molar-refractivity contribution is 5.88. The fourth-order valence-corrected chi connectivity index (χ4v) is 2.64. The van der Waals surface area contributed by atoms with E-state index < -0.39 is 11.6 Å². The Morgan fingerprint density at radius 2 is 2.05 bits per heavy atom. The van der Waals surface area contributed by atoms with E-state index in [-0.39, 0.29) is 17.4 Å². The fraction of sp³-hybridized carbons (Fsp3) is 0.600. The average molecular weight is 279 g/mol. The van der Waals surface area contributed by atoms with Gasteiger partial charge in [0.15, 0.2) is 11.4 Å². The Bertz CT molecular complexity index is 537. The molecule has 20 heavy (non-hydrogen) atoms. The largest absolute Gasteiger partial charge is 0.485 e. The lowest BCUT2D eigenvalue weighted by Crippen LogP contribution is -2.37. The van der Waals surface area contributed by atoms with Crippen molar-refractivity contribution in [2.45, 2.75) is 58.3 Å². The predicted molar refractivity (Wildman–Crippen MR) is 74.2 cm³/mol. The smallest absolute Gasteiger partial charge is 0.358 e. The van der Waals surface area contributed by atoms with E-state index in [9.17, 15) is 9.90 Å². The summed E-state index contributed by atoms with van der Waals surface area (Å²) in [4.78, 5) is 15.3. The van der Waals surface area contributed by atoms with E-state index in [0.29, 0.717) is 17.9 Å². The summed E-state index contributed by atoms with van der Waals surface area (Å²) in [5, 5.41) is 9.22. The zero-order valence-corrected chi connectivity index (χ0v) is 12.6. The van der Waals surface area contributed by atoms with E-state index in [1.807, 2.05) is 27.7 Å². The Kier molecular flexibility index (Phi) is 3.50. The second-order valence-electron chi connectivity index (χ2n) is 6.38. The zero-order chi connectivity index (χ0) is 15.1. The first kappa shape index (κ1) is 14.8. The summed E-state index contributed by atoms with van der Waals surface area (Å²) >= 11 is 0. The van der Waals surface area contributed by atoms with Crippen LogP contribution in [0.15, 0.2) is 12.1 Å². The summed E-state index contributed by atoms with van der Waals surface area (Å²) in [6, 6.07) is 3.41. The van der Waals surface area contributed by atoms with Crippen molar-refractivity contribution >= 4 is 5.97 Å². The third-order valence-corrected chi connectivity index (χ3v) is 3.46. The first-order valence-corrected chi connectivity index (χ1v) is 6.68. The molecule has 1 unspecified atom stereocenters. The summed E-state index contributed by atoms with van der Waals surface area (Å²) in [6.45, 7) is 9.66. The van der Waals surface area contributed by atoms with Gasteiger partial charge in [0, 0.05) is 12.1 Å². The number of nitrogens with zero attached hydrogens (tertiary/aromatic N) is 1. The average Bonchev–Trinajstić information content (AvgIpc) is 2.48. The molecule has 110 valence electrons. The number of carbonyl (C=O) groups is 1. The van der Waals surface area contributed by atoms with Crippen LogP contribution in [0.5, 0.6) is 5.75 Å². The van der Waals surface area contributed by atoms with Gasteiger partial charge in [-0.3, -0.25) is 0 Å². The van der Waals surface area contributed by atoms with Crippen molar-refractivity contribution in [1.82, 2.24) is 4.98 Å². The number of aromatic nitrogens is 1. The molecule has 1 atom stereocenters. The molecule has 2 heterocycles. The molecule has 0 amide bonds. The number of rotatable bonds is 3. The second-order valence-corrected chi connectivity index (χ2v) is 6.38. The summed E-state index contributed by atoms with van der Waals surface area (Å²) in [6.07, 6.45) is 0.493. The Morgan fingerprint density at radius 1 is 1.40 bits per heavy atom. The van der Waals surface area contributed by atoms with E-state index >= 15 is 0 Å². The van der Waals surface area contributed by atoms with Crippen molar-refractivity contribution in [2.24, 2.45) is 0 Å². The lowest BCUT2D eigenvalue weighted by atomic mass is 9.97. The van der Waals surface area contributed by atoms with Gasteiger partial charge in [-0.1, -0.05) is 0 Å². The van der Waals surface area contributed by atoms with Crippen molar-refractivity contribution in [3.8, 4) is 5.75 Å². The van der Waals surface area contributed by atoms with Crippen molar-refractivity contribution in [3.05, 3.63) is 23.5 Å². The molecule has 0 bridgehead atoms. The van der Waals surface area contributed by atoms with Crippen LogP contribution in [0.4, 0.5) is 0 Å². The minimum absolute atomic E-state index is 0.0505. The topological polar surface area (TPSA) is 68.7 Å². The molecule has 1 aromatic rings. The van der Waals surface area contributed by atoms with Gasteiger partial charge in [0.1, 0.15) is 11.7 Å². The number of hydrogen-bond acceptors (Lipinski definition) is 4. The van der Waals surface area contributed by atoms with Crippen LogP contribution in [0.1, 0.15) is 50.3 Å². The maximum absolute atomic E-state index is 11.3. The van der Waals surface area contributed by atoms with Gasteiger partial charge >= 0.3 is 5.97 Å². The van der Waals surface area contributed by atoms with Crippen molar-refractivity contribution in [2.75, 3.05) is 0 Å². The molecule has 0 aromatic carbocycles. The predicted octanol–water partition coefficient (Wildman–Crippen LogP) is 2.81. The van der Waals surface area contributed by atoms with Gasteiger partial charge in [0.2, 0.25) is 0 Å². The molecular weight excluding hydrogens is 258 g/mol. The summed E-state index contributed by atoms with van der Waals surface area (Å²) in [5.41, 5.74) is -0.151. The number of aromatic carboxylic acids is 1. The first-order valence-electron chi connectivity index (χ1n) is 6.68. The molecule has 2 rings (SSSR count). The van der Waals surface area contributed by atoms with E-state index in [4.69, 9.17) is 9.47 Å². The molecule has 0 aliphatic carbocycles. The summed E-state index contributed by atoms with van der Waals surface area (Å²) < 4.78 is 11.9. The van der Waals surface area contributed by atoms with E-state index in [1.165, 1.54) is 0 Å². The molecule has 1 N–H and O–H groups in total. The molecule has 1 aliphatic heterocycles. The van der Waals surface area contributed by atoms with Crippen LogP contribution in [0.25, 0.3) is 0 Å². The normalized spacial score (nSPS) is 23.6. The number of ether oxygens (including phenoxy) is 2. The second kappa shape index (κ2) is 4.74. The Hall–Kier alpha value is -1.62. The van der Waals surface area contributed by atoms with Crippen LogP contribution in [-0.2, 0) is 4.74 Å². The molecule has 1 aromatic heterocycles. The van der Waals surface area contributed by atoms with E-state index in [0.717, 1.165) is 0 Å². The molecule has 1 fully saturated rings. The highest BCUT2D eigenvalue weighted by Gasteiger charge is 2.47. The molecular formula is C15H21NO4. The molecule has 0 radical (unpaired) electrons. The Labute approximate surface area is 118 Å². The zero-order valence-electron chi connectivity index (χ0n) is 12.6. The van der Waals surface area contributed by atoms with Crippen LogP contribution in [-0.4, -0.2) is 33.4 Å². The van der Waals surface area contributed by atoms with Gasteiger partial charge in [0.05, 0.1) is 5.60 Å². The van der Waals surface area contributed by atoms with Crippen LogP contribution in [0, 0.1) is 6.92 Å². The first-order chi connectivity index (χ1) is 9.11. The minimum atomic E-state index is -1.08. The standard InChI is InChI=1S/C15H21NO4/c1-9-6-7-10(12(16-9)13(17)18)19-11-8-14(2,3)20-15(11,4)5/h6-7,11H,8H2,1-5H3,(H,17,18). The lowest BCUT2D eigenvalue weighted by molar-refractivity contribution is -0.0847. The highest BCUT2D eigenvalue weighted by Crippen LogP contribution is 2.39. The molecule has 5 nitrogen and oxygen atoms in total. The molecule has 5 heteroatoms. The Balaban J connectivity index is 2.29. The van der Waals surface area contributed by atoms with Gasteiger partial charge in [-0.15, -0.1) is 0 Å². The Morgan fingerprint density at radius 3 is 2.55 bits per heavy atom. The summed E-state index contributed by atoms with van der Waals surface area (Å²) in [7, 11) is 0. The van der Waals surface area contributed by atoms with E-state index in [1.54, 1.807) is 19.1 Å². The van der Waals surface area contributed by atoms with Crippen LogP contribution < -0.4 is 4.74 Å². The maximum atomic E-state index is 11.3. The van der Waals surface area contributed by atoms with Gasteiger partial charge in [-0.25, -0.2) is 9.78 Å². The quantitative estimate of drug-likeness (QED) is 0.921. The molecule has 1 saturated heterocycles. The summed E-state index contributed by atoms with van der Waals surface area (Å²) in [5.74, 6) is -0.790. The van der Waals surface area contributed by atoms with Crippen molar-refractivity contribution in [1.29, 1.82) is 0 Å². The van der Waals surface area contributed by atoms with Gasteiger partial charge < -0.3 is 14.6 Å². The van der Waals surface area contributed by atoms with Gasteiger partial charge in [-0.2, -0.15) is 0 Å². The highest BCUT2D eigenvalue weighted by atomic mass is 16.6. The third-order valence-electron chi connectivity index (χ3n) is 3.46. The van der Waals surface area contributed by atoms with Crippen LogP contribution in [0.3, 0.4) is 0 Å². The molecule has 1 aliphatic rings. The van der Waals surface area contributed by atoms with E-state index in [2.05, 4.69) is 4.98 Å². The number of pyridine rings is 1. The number of carboxylic acids is 1.